The summed E-state index contributed by atoms with van der Waals surface area (Å²) >= 11 is 6.25. The van der Waals surface area contributed by atoms with Crippen LogP contribution in [0.2, 0.25) is 5.02 Å². The number of alkyl halides is 3. The number of rotatable bonds is 3. The molecule has 1 saturated carbocycles. The minimum atomic E-state index is -4.50. The maximum absolute atomic E-state index is 12.7. The van der Waals surface area contributed by atoms with E-state index in [0.717, 1.165) is 55.3 Å². The number of hydrogen-bond acceptors (Lipinski definition) is 5. The van der Waals surface area contributed by atoms with Crippen LogP contribution >= 0.6 is 11.6 Å². The third-order valence-corrected chi connectivity index (χ3v) is 5.94. The summed E-state index contributed by atoms with van der Waals surface area (Å²) in [7, 11) is 0. The number of nitrogens with one attached hydrogen (secondary N) is 1. The molecule has 0 radical (unpaired) electrons. The van der Waals surface area contributed by atoms with Gasteiger partial charge in [0, 0.05) is 18.8 Å². The van der Waals surface area contributed by atoms with Gasteiger partial charge < -0.3 is 10.1 Å². The summed E-state index contributed by atoms with van der Waals surface area (Å²) in [6, 6.07) is 2.04. The first-order chi connectivity index (χ1) is 13.8. The van der Waals surface area contributed by atoms with Gasteiger partial charge in [0.15, 0.2) is 5.82 Å². The molecule has 156 valence electrons. The van der Waals surface area contributed by atoms with Gasteiger partial charge in [0.1, 0.15) is 5.02 Å². The van der Waals surface area contributed by atoms with Gasteiger partial charge in [-0.25, -0.2) is 4.98 Å². The maximum Gasteiger partial charge on any atom is 0.417 e. The Morgan fingerprint density at radius 1 is 1.24 bits per heavy atom. The minimum Gasteiger partial charge on any atom is -0.379 e. The zero-order chi connectivity index (χ0) is 20.6. The van der Waals surface area contributed by atoms with E-state index in [1.54, 1.807) is 0 Å². The first-order valence-corrected chi connectivity index (χ1v) is 9.87. The number of hydrogen-bond donors (Lipinski definition) is 1. The average Bonchev–Trinajstić information content (AvgIpc) is 3.12. The predicted molar refractivity (Wildman–Crippen MR) is 101 cm³/mol. The van der Waals surface area contributed by atoms with E-state index in [9.17, 15) is 18.0 Å². The van der Waals surface area contributed by atoms with Crippen molar-refractivity contribution < 1.29 is 17.9 Å². The van der Waals surface area contributed by atoms with E-state index in [1.807, 2.05) is 0 Å². The van der Waals surface area contributed by atoms with Crippen LogP contribution in [-0.2, 0) is 10.9 Å². The van der Waals surface area contributed by atoms with Crippen LogP contribution in [0, 0.1) is 0 Å². The third-order valence-electron chi connectivity index (χ3n) is 5.58. The second-order valence-electron chi connectivity index (χ2n) is 7.56. The molecule has 0 aromatic carbocycles. The third kappa shape index (κ3) is 4.11. The fourth-order valence-corrected chi connectivity index (χ4v) is 4.30. The molecule has 1 spiro atoms. The van der Waals surface area contributed by atoms with E-state index < -0.39 is 17.3 Å². The van der Waals surface area contributed by atoms with Gasteiger partial charge in [-0.05, 0) is 37.8 Å². The molecule has 2 aliphatic rings. The molecule has 10 heteroatoms. The van der Waals surface area contributed by atoms with Crippen molar-refractivity contribution in [2.75, 3.05) is 11.9 Å². The molecule has 0 bridgehead atoms. The fraction of sp³-hybridized carbons (Fsp3) is 0.526. The van der Waals surface area contributed by atoms with Crippen LogP contribution in [0.3, 0.4) is 0 Å². The average molecular weight is 429 g/mol. The van der Waals surface area contributed by atoms with E-state index in [4.69, 9.17) is 16.3 Å². The molecule has 1 aliphatic heterocycles. The zero-order valence-electron chi connectivity index (χ0n) is 15.5. The first kappa shape index (κ1) is 20.2. The molecule has 6 nitrogen and oxygen atoms in total. The number of pyridine rings is 1. The number of nitrogens with zero attached hydrogens (tertiary/aromatic N) is 3. The predicted octanol–water partition coefficient (Wildman–Crippen LogP) is 4.20. The van der Waals surface area contributed by atoms with Crippen LogP contribution in [0.4, 0.5) is 18.9 Å². The Balaban J connectivity index is 1.54. The van der Waals surface area contributed by atoms with Crippen molar-refractivity contribution in [2.24, 2.45) is 0 Å². The second-order valence-corrected chi connectivity index (χ2v) is 7.94. The molecule has 4 rings (SSSR count). The molecule has 1 N–H and O–H groups in total. The van der Waals surface area contributed by atoms with Gasteiger partial charge in [-0.15, -0.1) is 0 Å². The molecule has 1 saturated heterocycles. The lowest BCUT2D eigenvalue weighted by atomic mass is 9.89. The van der Waals surface area contributed by atoms with Gasteiger partial charge >= 0.3 is 6.18 Å². The van der Waals surface area contributed by atoms with Gasteiger partial charge in [0.05, 0.1) is 23.0 Å². The van der Waals surface area contributed by atoms with Crippen molar-refractivity contribution in [2.45, 2.75) is 56.3 Å². The Hall–Kier alpha value is -2.13. The van der Waals surface area contributed by atoms with E-state index in [2.05, 4.69) is 15.4 Å². The van der Waals surface area contributed by atoms with Crippen molar-refractivity contribution in [3.05, 3.63) is 45.5 Å². The number of anilines is 1. The van der Waals surface area contributed by atoms with Gasteiger partial charge in [-0.3, -0.25) is 4.79 Å². The van der Waals surface area contributed by atoms with Crippen LogP contribution in [0.1, 0.15) is 44.1 Å². The topological polar surface area (TPSA) is 69.0 Å². The standard InChI is InChI=1S/C19H20ClF3N4O2/c20-16-14(26-13-5-8-29-18(9-13)6-1-2-7-18)11-25-27(17(16)28)15-4-3-12(10-24-15)19(21,22)23/h3-4,10-11,13,26H,1-2,5-9H2. The van der Waals surface area contributed by atoms with Crippen LogP contribution in [0.5, 0.6) is 0 Å². The van der Waals surface area contributed by atoms with Crippen LogP contribution in [-0.4, -0.2) is 33.0 Å². The molecule has 1 atom stereocenters. The Morgan fingerprint density at radius 2 is 2.00 bits per heavy atom. The highest BCUT2D eigenvalue weighted by Gasteiger charge is 2.40. The van der Waals surface area contributed by atoms with E-state index in [1.165, 1.54) is 6.20 Å². The quantitative estimate of drug-likeness (QED) is 0.793. The highest BCUT2D eigenvalue weighted by Crippen LogP contribution is 2.40. The smallest absolute Gasteiger partial charge is 0.379 e. The van der Waals surface area contributed by atoms with Crippen LogP contribution in [0.25, 0.3) is 5.82 Å². The molecule has 2 aromatic rings. The summed E-state index contributed by atoms with van der Waals surface area (Å²) < 4.78 is 45.0. The Labute approximate surface area is 170 Å². The number of ether oxygens (including phenoxy) is 1. The molecule has 1 unspecified atom stereocenters. The molecule has 29 heavy (non-hydrogen) atoms. The molecule has 2 fully saturated rings. The second kappa shape index (κ2) is 7.60. The summed E-state index contributed by atoms with van der Waals surface area (Å²) in [6.45, 7) is 0.648. The maximum atomic E-state index is 12.7. The summed E-state index contributed by atoms with van der Waals surface area (Å²) in [5.41, 5.74) is -1.24. The van der Waals surface area contributed by atoms with Crippen molar-refractivity contribution in [3.63, 3.8) is 0 Å². The normalized spacial score (nSPS) is 21.4. The van der Waals surface area contributed by atoms with E-state index in [0.29, 0.717) is 18.5 Å². The van der Waals surface area contributed by atoms with E-state index >= 15 is 0 Å². The Morgan fingerprint density at radius 3 is 2.66 bits per heavy atom. The Bertz CT molecular complexity index is 940. The number of aromatic nitrogens is 3. The van der Waals surface area contributed by atoms with Crippen molar-refractivity contribution in [3.8, 4) is 5.82 Å². The van der Waals surface area contributed by atoms with Gasteiger partial charge in [-0.2, -0.15) is 23.0 Å². The molecule has 3 heterocycles. The molecule has 0 amide bonds. The molecule has 2 aromatic heterocycles. The summed E-state index contributed by atoms with van der Waals surface area (Å²) in [5, 5.41) is 7.25. The van der Waals surface area contributed by atoms with Gasteiger partial charge in [0.25, 0.3) is 5.56 Å². The minimum absolute atomic E-state index is 0.0348. The Kier molecular flexibility index (Phi) is 5.29. The van der Waals surface area contributed by atoms with Crippen molar-refractivity contribution in [1.82, 2.24) is 14.8 Å². The highest BCUT2D eigenvalue weighted by molar-refractivity contribution is 6.32. The monoisotopic (exact) mass is 428 g/mol. The summed E-state index contributed by atoms with van der Waals surface area (Å²) in [6.07, 6.45) is 3.59. The zero-order valence-corrected chi connectivity index (χ0v) is 16.3. The first-order valence-electron chi connectivity index (χ1n) is 9.49. The lowest BCUT2D eigenvalue weighted by Crippen LogP contribution is -2.42. The summed E-state index contributed by atoms with van der Waals surface area (Å²) in [4.78, 5) is 16.3. The lowest BCUT2D eigenvalue weighted by Gasteiger charge is -2.39. The summed E-state index contributed by atoms with van der Waals surface area (Å²) in [5.74, 6) is -0.0348. The van der Waals surface area contributed by atoms with Crippen LogP contribution in [0.15, 0.2) is 29.3 Å². The molecular formula is C19H20ClF3N4O2. The highest BCUT2D eigenvalue weighted by atomic mass is 35.5. The lowest BCUT2D eigenvalue weighted by molar-refractivity contribution is -0.137. The van der Waals surface area contributed by atoms with Gasteiger partial charge in [0.2, 0.25) is 0 Å². The number of halogens is 4. The van der Waals surface area contributed by atoms with Crippen molar-refractivity contribution in [1.29, 1.82) is 0 Å². The van der Waals surface area contributed by atoms with Crippen LogP contribution < -0.4 is 10.9 Å². The fourth-order valence-electron chi connectivity index (χ4n) is 4.11. The van der Waals surface area contributed by atoms with E-state index in [-0.39, 0.29) is 22.5 Å². The molecule has 1 aliphatic carbocycles. The van der Waals surface area contributed by atoms with Gasteiger partial charge in [-0.1, -0.05) is 24.4 Å². The largest absolute Gasteiger partial charge is 0.417 e. The molecular weight excluding hydrogens is 409 g/mol. The SMILES string of the molecule is O=c1c(Cl)c(NC2CCOC3(CCCC3)C2)cnn1-c1ccc(C(F)(F)F)cn1. The van der Waals surface area contributed by atoms with Crippen molar-refractivity contribution >= 4 is 17.3 Å².